The number of aromatic nitrogens is 1. The molecule has 76 heavy (non-hydrogen) atoms. The van der Waals surface area contributed by atoms with Crippen molar-refractivity contribution in [2.24, 2.45) is 17.8 Å². The van der Waals surface area contributed by atoms with Crippen LogP contribution in [0.2, 0.25) is 0 Å². The van der Waals surface area contributed by atoms with E-state index in [1.807, 2.05) is 93.6 Å². The number of esters is 1. The van der Waals surface area contributed by atoms with Gasteiger partial charge in [0.1, 0.15) is 23.9 Å². The molecule has 0 radical (unpaired) electrons. The number of aliphatic hydroxyl groups is 2. The molecule has 20 heteroatoms. The Hall–Kier alpha value is -3.80. The third-order valence-corrected chi connectivity index (χ3v) is 16.7. The molecule has 0 saturated carbocycles. The predicted molar refractivity (Wildman–Crippen MR) is 283 cm³/mol. The van der Waals surface area contributed by atoms with E-state index in [0.717, 1.165) is 12.0 Å². The van der Waals surface area contributed by atoms with E-state index in [4.69, 9.17) is 42.6 Å². The molecule has 0 spiro atoms. The number of hydrogen-bond donors (Lipinski definition) is 4. The third-order valence-electron chi connectivity index (χ3n) is 16.7. The zero-order valence-corrected chi connectivity index (χ0v) is 47.7. The number of hydrogen-bond acceptors (Lipinski definition) is 18. The average molecular weight is 1080 g/mol. The van der Waals surface area contributed by atoms with Crippen LogP contribution in [0.15, 0.2) is 29.2 Å². The van der Waals surface area contributed by atoms with Gasteiger partial charge in [-0.05, 0) is 139 Å². The van der Waals surface area contributed by atoms with Crippen LogP contribution in [0.4, 0.5) is 4.79 Å². The van der Waals surface area contributed by atoms with Crippen LogP contribution in [0, 0.1) is 17.8 Å². The van der Waals surface area contributed by atoms with Crippen LogP contribution in [0.1, 0.15) is 124 Å². The van der Waals surface area contributed by atoms with E-state index in [2.05, 4.69) is 10.2 Å². The molecule has 0 unspecified atom stereocenters. The highest BCUT2D eigenvalue weighted by atomic mass is 16.8. The number of fused-ring (bicyclic) bond motifs is 2. The lowest BCUT2D eigenvalue weighted by Crippen LogP contribution is -2.61. The van der Waals surface area contributed by atoms with Crippen LogP contribution in [0.25, 0.3) is 10.9 Å². The number of methoxy groups -OCH3 is 1. The number of likely N-dealkylation sites (N-methyl/N-ethyl adjacent to an activating group) is 2. The minimum absolute atomic E-state index is 0.148. The molecular formula is C56H90N4O16. The summed E-state index contributed by atoms with van der Waals surface area (Å²) in [6.07, 6.45) is -5.05. The first-order valence-corrected chi connectivity index (χ1v) is 27.5. The number of ether oxygens (including phenoxy) is 9. The van der Waals surface area contributed by atoms with Gasteiger partial charge < -0.3 is 72.7 Å². The van der Waals surface area contributed by atoms with Gasteiger partial charge in [0.2, 0.25) is 5.43 Å². The first-order chi connectivity index (χ1) is 35.7. The average Bonchev–Trinajstić information content (AvgIpc) is 3.67. The largest absolute Gasteiger partial charge is 0.509 e. The lowest BCUT2D eigenvalue weighted by atomic mass is 9.77. The maximum Gasteiger partial charge on any atom is 0.509 e. The Morgan fingerprint density at radius 2 is 1.67 bits per heavy atom. The molecule has 4 aliphatic rings. The van der Waals surface area contributed by atoms with Gasteiger partial charge in [-0.3, -0.25) is 14.5 Å². The summed E-state index contributed by atoms with van der Waals surface area (Å²) < 4.78 is 59.5. The van der Waals surface area contributed by atoms with Crippen molar-refractivity contribution in [2.45, 2.75) is 212 Å². The first kappa shape index (κ1) is 61.4. The van der Waals surface area contributed by atoms with Crippen LogP contribution in [-0.2, 0) is 60.4 Å². The second-order valence-electron chi connectivity index (χ2n) is 23.1. The van der Waals surface area contributed by atoms with E-state index in [0.29, 0.717) is 63.0 Å². The molecule has 0 amide bonds. The van der Waals surface area contributed by atoms with Crippen molar-refractivity contribution in [2.75, 3.05) is 54.5 Å². The zero-order valence-electron chi connectivity index (χ0n) is 47.7. The number of nitrogens with one attached hydrogen (secondary N) is 1. The first-order valence-electron chi connectivity index (χ1n) is 27.5. The number of aliphatic hydroxyl groups excluding tert-OH is 1. The lowest BCUT2D eigenvalue weighted by Gasteiger charge is -2.49. The summed E-state index contributed by atoms with van der Waals surface area (Å²) >= 11 is 0. The lowest BCUT2D eigenvalue weighted by molar-refractivity contribution is -0.320. The topological polar surface area (TPSA) is 235 Å². The molecule has 4 N–H and O–H groups in total. The molecular weight excluding hydrogens is 985 g/mol. The van der Waals surface area contributed by atoms with Crippen LogP contribution in [-0.4, -0.2) is 193 Å². The fourth-order valence-electron chi connectivity index (χ4n) is 12.5. The number of nitrogens with zero attached hydrogens (tertiary/aromatic N) is 3. The second kappa shape index (κ2) is 25.5. The quantitative estimate of drug-likeness (QED) is 0.115. The smallest absolute Gasteiger partial charge is 0.477 e. The molecule has 0 bridgehead atoms. The number of carboxylic acids is 1. The number of benzene rings is 1. The van der Waals surface area contributed by atoms with Crippen LogP contribution in [0.3, 0.4) is 0 Å². The summed E-state index contributed by atoms with van der Waals surface area (Å²) in [5.74, 6) is -3.82. The molecule has 430 valence electrons. The molecule has 0 aliphatic carbocycles. The monoisotopic (exact) mass is 1070 g/mol. The molecule has 4 fully saturated rings. The highest BCUT2D eigenvalue weighted by Crippen LogP contribution is 2.42. The Labute approximate surface area is 449 Å². The van der Waals surface area contributed by atoms with Crippen molar-refractivity contribution in [1.29, 1.82) is 0 Å². The number of carbonyl (C=O) groups is 3. The van der Waals surface area contributed by atoms with E-state index in [9.17, 15) is 34.5 Å². The molecule has 20 nitrogen and oxygen atoms in total. The second-order valence-corrected chi connectivity index (χ2v) is 23.1. The molecule has 18 atom stereocenters. The summed E-state index contributed by atoms with van der Waals surface area (Å²) in [6, 6.07) is 4.96. The number of cyclic esters (lactones) is 1. The number of carboxylic acid groups (broad SMARTS) is 1. The molecule has 6 rings (SSSR count). The minimum Gasteiger partial charge on any atom is -0.477 e. The number of aromatic carboxylic acids is 1. The van der Waals surface area contributed by atoms with E-state index >= 15 is 0 Å². The summed E-state index contributed by atoms with van der Waals surface area (Å²) in [7, 11) is 7.32. The molecule has 1 aromatic carbocycles. The van der Waals surface area contributed by atoms with E-state index < -0.39 is 107 Å². The molecule has 4 aliphatic heterocycles. The summed E-state index contributed by atoms with van der Waals surface area (Å²) in [6.45, 7) is 23.0. The summed E-state index contributed by atoms with van der Waals surface area (Å²) in [5.41, 5.74) is -2.96. The Morgan fingerprint density at radius 3 is 2.32 bits per heavy atom. The predicted octanol–water partition coefficient (Wildman–Crippen LogP) is 5.36. The Morgan fingerprint density at radius 1 is 0.961 bits per heavy atom. The van der Waals surface area contributed by atoms with Gasteiger partial charge in [0, 0.05) is 62.7 Å². The summed E-state index contributed by atoms with van der Waals surface area (Å²) in [4.78, 5) is 56.5. The van der Waals surface area contributed by atoms with Gasteiger partial charge in [-0.2, -0.15) is 0 Å². The maximum atomic E-state index is 14.8. The van der Waals surface area contributed by atoms with Crippen LogP contribution < -0.4 is 10.7 Å². The van der Waals surface area contributed by atoms with Crippen molar-refractivity contribution in [3.8, 4) is 0 Å². The van der Waals surface area contributed by atoms with Gasteiger partial charge in [-0.15, -0.1) is 0 Å². The van der Waals surface area contributed by atoms with Crippen molar-refractivity contribution in [1.82, 2.24) is 19.7 Å². The van der Waals surface area contributed by atoms with Gasteiger partial charge in [-0.25, -0.2) is 9.59 Å². The van der Waals surface area contributed by atoms with E-state index in [1.54, 1.807) is 38.5 Å². The maximum absolute atomic E-state index is 14.8. The van der Waals surface area contributed by atoms with Crippen molar-refractivity contribution >= 4 is 29.0 Å². The van der Waals surface area contributed by atoms with Crippen molar-refractivity contribution < 1.29 is 72.3 Å². The standard InChI is InChI=1S/C56H90N4O16/c1-16-42-56(11)48(75-53(66)76-56)35(7)59(14)29-31(3)27-54(9,67)47(74-52-45(62)41(58(12)13)25-32(4)70-52)33(5)46(34(6)51(65)72-42)73-43-28-55(10,68-15)49(36(8)71-43)69-24-23-57-22-18-19-37-20-21-40-38(26-37)44(61)39(50(63)64)30-60(40)17-2/h20-21,26,30-36,41-43,45-49,52,57,62,67H,16-19,22-25,27-29H2,1-15H3,(H,63,64)/t31-,32-,33+,34+,35-,36-,41+,42-,43+,45+,46+,47-,48+,49+,52+,54+,55-,56-/m0/s1. The highest BCUT2D eigenvalue weighted by Gasteiger charge is 2.58. The number of pyridine rings is 1. The fourth-order valence-corrected chi connectivity index (χ4v) is 12.5. The van der Waals surface area contributed by atoms with Crippen LogP contribution >= 0.6 is 0 Å². The van der Waals surface area contributed by atoms with Gasteiger partial charge in [0.05, 0.1) is 53.7 Å². The third kappa shape index (κ3) is 13.6. The minimum atomic E-state index is -1.59. The fraction of sp³-hybridized carbons (Fsp3) is 0.786. The van der Waals surface area contributed by atoms with Gasteiger partial charge in [-0.1, -0.05) is 26.8 Å². The molecule has 5 heterocycles. The van der Waals surface area contributed by atoms with Gasteiger partial charge in [0.25, 0.3) is 0 Å². The summed E-state index contributed by atoms with van der Waals surface area (Å²) in [5, 5.41) is 38.1. The van der Waals surface area contributed by atoms with Crippen molar-refractivity contribution in [3.05, 3.63) is 45.7 Å². The molecule has 2 aromatic rings. The van der Waals surface area contributed by atoms with Gasteiger partial charge >= 0.3 is 18.1 Å². The highest BCUT2D eigenvalue weighted by molar-refractivity contribution is 5.92. The Bertz CT molecular complexity index is 2350. The Balaban J connectivity index is 1.21. The zero-order chi connectivity index (χ0) is 56.2. The van der Waals surface area contributed by atoms with Crippen LogP contribution in [0.5, 0.6) is 0 Å². The normalized spacial score (nSPS) is 38.2. The van der Waals surface area contributed by atoms with E-state index in [1.165, 1.54) is 6.20 Å². The Kier molecular flexibility index (Phi) is 20.6. The molecule has 1 aromatic heterocycles. The SMILES string of the molecule is CC[C@@H]1OC(=O)[C@H](C)[C@H](O[C@@H]2C[C@](C)(OC)[C@H](OCCNCCCc3ccc4c(c3)c(=O)c(C(=O)O)cn4CC)[C@H](C)O2)[C@@H](C)[C@H](O[C@H]2O[C@@H](C)C[C@@H](N(C)C)[C@H]2O)[C@](C)(O)C[C@H](C)CN(C)[C@@H](C)[C@H]2OC(=O)O[C@@]12C. The number of rotatable bonds is 17. The molecule has 4 saturated heterocycles. The number of aryl methyl sites for hydroxylation is 2. The van der Waals surface area contributed by atoms with E-state index in [-0.39, 0.29) is 42.5 Å². The van der Waals surface area contributed by atoms with Gasteiger partial charge in [0.15, 0.2) is 24.3 Å². The van der Waals surface area contributed by atoms with Crippen molar-refractivity contribution in [3.63, 3.8) is 0 Å². The number of carbonyl (C=O) groups excluding carboxylic acids is 2.